The van der Waals surface area contributed by atoms with Crippen molar-refractivity contribution in [3.05, 3.63) is 77.5 Å². The Morgan fingerprint density at radius 1 is 1.00 bits per heavy atom. The molecule has 1 aliphatic heterocycles. The van der Waals surface area contributed by atoms with Gasteiger partial charge in [-0.2, -0.15) is 8.78 Å². The first-order valence-electron chi connectivity index (χ1n) is 7.28. The third kappa shape index (κ3) is 2.10. The smallest absolute Gasteiger partial charge is 0.324 e. The molecule has 0 radical (unpaired) electrons. The molecule has 0 bridgehead atoms. The monoisotopic (exact) mass is 333 g/mol. The maximum atomic E-state index is 15.0. The van der Waals surface area contributed by atoms with Gasteiger partial charge in [0.05, 0.1) is 12.1 Å². The fourth-order valence-corrected chi connectivity index (χ4v) is 2.84. The number of hydrogen-bond acceptors (Lipinski definition) is 2. The lowest BCUT2D eigenvalue weighted by atomic mass is 9.90. The van der Waals surface area contributed by atoms with Crippen LogP contribution in [-0.2, 0) is 16.3 Å². The van der Waals surface area contributed by atoms with Gasteiger partial charge in [-0.25, -0.2) is 13.8 Å². The number of benzene rings is 2. The molecule has 2 nitrogen and oxygen atoms in total. The lowest BCUT2D eigenvalue weighted by Gasteiger charge is -2.24. The van der Waals surface area contributed by atoms with E-state index in [1.165, 1.54) is 12.1 Å². The van der Waals surface area contributed by atoms with Crippen LogP contribution in [0.3, 0.4) is 0 Å². The second-order valence-electron chi connectivity index (χ2n) is 5.70. The molecule has 4 rings (SSSR count). The van der Waals surface area contributed by atoms with Crippen LogP contribution in [-0.4, -0.2) is 11.6 Å². The number of rotatable bonds is 3. The van der Waals surface area contributed by atoms with E-state index in [4.69, 9.17) is 4.74 Å². The zero-order valence-corrected chi connectivity index (χ0v) is 12.3. The van der Waals surface area contributed by atoms with Crippen LogP contribution in [0.15, 0.2) is 54.6 Å². The van der Waals surface area contributed by atoms with E-state index in [1.807, 2.05) is 0 Å². The fraction of sp³-hybridized carbons (Fsp3) is 0.167. The summed E-state index contributed by atoms with van der Waals surface area (Å²) < 4.78 is 62.1. The van der Waals surface area contributed by atoms with Gasteiger partial charge in [0.25, 0.3) is 0 Å². The van der Waals surface area contributed by atoms with Crippen molar-refractivity contribution in [2.45, 2.75) is 11.5 Å². The lowest BCUT2D eigenvalue weighted by Crippen LogP contribution is -2.34. The molecular weight excluding hydrogens is 322 g/mol. The first kappa shape index (κ1) is 15.1. The summed E-state index contributed by atoms with van der Waals surface area (Å²) in [5, 5.41) is 0.718. The number of pyridine rings is 1. The summed E-state index contributed by atoms with van der Waals surface area (Å²) in [5.74, 6) is -5.46. The van der Waals surface area contributed by atoms with Crippen molar-refractivity contribution < 1.29 is 22.3 Å². The number of alkyl halides is 2. The number of aromatic nitrogens is 1. The minimum Gasteiger partial charge on any atom is -0.357 e. The van der Waals surface area contributed by atoms with E-state index in [0.29, 0.717) is 11.6 Å². The molecule has 1 fully saturated rings. The number of ether oxygens (including phenoxy) is 1. The predicted molar refractivity (Wildman–Crippen MR) is 79.6 cm³/mol. The molecule has 24 heavy (non-hydrogen) atoms. The summed E-state index contributed by atoms with van der Waals surface area (Å²) in [6, 6.07) is 12.1. The van der Waals surface area contributed by atoms with Crippen LogP contribution >= 0.6 is 0 Å². The Labute approximate surface area is 134 Å². The Hall–Kier alpha value is -2.47. The van der Waals surface area contributed by atoms with Crippen molar-refractivity contribution >= 4 is 10.9 Å². The molecule has 2 heterocycles. The topological polar surface area (TPSA) is 25.4 Å². The summed E-state index contributed by atoms with van der Waals surface area (Å²) in [5.41, 5.74) is -2.63. The predicted octanol–water partition coefficient (Wildman–Crippen LogP) is 4.53. The van der Waals surface area contributed by atoms with Crippen LogP contribution < -0.4 is 0 Å². The van der Waals surface area contributed by atoms with E-state index in [0.717, 1.165) is 17.5 Å². The molecule has 0 saturated carbocycles. The Bertz CT molecular complexity index is 937. The van der Waals surface area contributed by atoms with E-state index in [1.54, 1.807) is 24.3 Å². The number of para-hydroxylation sites is 1. The van der Waals surface area contributed by atoms with Crippen LogP contribution in [0.2, 0.25) is 0 Å². The molecule has 0 amide bonds. The van der Waals surface area contributed by atoms with Gasteiger partial charge >= 0.3 is 5.92 Å². The highest BCUT2D eigenvalue weighted by molar-refractivity contribution is 5.78. The molecule has 0 aliphatic carbocycles. The summed E-state index contributed by atoms with van der Waals surface area (Å²) in [4.78, 5) is 4.00. The van der Waals surface area contributed by atoms with E-state index in [2.05, 4.69) is 4.98 Å². The molecular formula is C18H11F4NO. The van der Waals surface area contributed by atoms with E-state index in [9.17, 15) is 8.78 Å². The summed E-state index contributed by atoms with van der Waals surface area (Å²) in [6.07, 6.45) is 0. The summed E-state index contributed by atoms with van der Waals surface area (Å²) in [7, 11) is 0. The maximum absolute atomic E-state index is 15.0. The Morgan fingerprint density at radius 3 is 2.46 bits per heavy atom. The van der Waals surface area contributed by atoms with Gasteiger partial charge in [0, 0.05) is 17.0 Å². The second-order valence-corrected chi connectivity index (χ2v) is 5.70. The molecule has 3 aromatic rings. The maximum Gasteiger partial charge on any atom is 0.324 e. The van der Waals surface area contributed by atoms with Crippen LogP contribution in [0.5, 0.6) is 0 Å². The highest BCUT2D eigenvalue weighted by atomic mass is 19.3. The molecule has 1 atom stereocenters. The van der Waals surface area contributed by atoms with Gasteiger partial charge in [0.1, 0.15) is 17.3 Å². The zero-order chi connectivity index (χ0) is 16.9. The minimum atomic E-state index is -3.56. The van der Waals surface area contributed by atoms with E-state index < -0.39 is 28.9 Å². The van der Waals surface area contributed by atoms with Crippen molar-refractivity contribution in [3.63, 3.8) is 0 Å². The molecule has 1 aliphatic rings. The van der Waals surface area contributed by atoms with Crippen LogP contribution in [0.1, 0.15) is 11.3 Å². The summed E-state index contributed by atoms with van der Waals surface area (Å²) >= 11 is 0. The second kappa shape index (κ2) is 5.01. The third-order valence-electron chi connectivity index (χ3n) is 4.23. The quantitative estimate of drug-likeness (QED) is 0.520. The van der Waals surface area contributed by atoms with Gasteiger partial charge in [0.15, 0.2) is 5.60 Å². The normalized spacial score (nSPS) is 20.3. The highest BCUT2D eigenvalue weighted by Crippen LogP contribution is 2.56. The number of nitrogens with zero attached hydrogens (tertiary/aromatic N) is 1. The Balaban J connectivity index is 1.83. The number of halogens is 4. The molecule has 0 N–H and O–H groups in total. The first-order chi connectivity index (χ1) is 11.4. The molecule has 0 spiro atoms. The van der Waals surface area contributed by atoms with Crippen LogP contribution in [0.25, 0.3) is 10.9 Å². The standard InChI is InChI=1S/C18H11F4NO/c19-12-6-7-13(14(20)9-12)17(10-24-17)18(21,22)16-8-5-11-3-1-2-4-15(11)23-16/h1-9H,10H2. The Morgan fingerprint density at radius 2 is 1.75 bits per heavy atom. The van der Waals surface area contributed by atoms with Crippen LogP contribution in [0.4, 0.5) is 17.6 Å². The number of fused-ring (bicyclic) bond motifs is 1. The van der Waals surface area contributed by atoms with Gasteiger partial charge in [-0.05, 0) is 24.3 Å². The van der Waals surface area contributed by atoms with Gasteiger partial charge in [-0.3, -0.25) is 0 Å². The van der Waals surface area contributed by atoms with Gasteiger partial charge in [0.2, 0.25) is 0 Å². The molecule has 122 valence electrons. The Kier molecular flexibility index (Phi) is 3.15. The average molecular weight is 333 g/mol. The van der Waals surface area contributed by atoms with Gasteiger partial charge < -0.3 is 4.74 Å². The largest absolute Gasteiger partial charge is 0.357 e. The number of hydrogen-bond donors (Lipinski definition) is 0. The zero-order valence-electron chi connectivity index (χ0n) is 12.3. The third-order valence-corrected chi connectivity index (χ3v) is 4.23. The molecule has 2 aromatic carbocycles. The van der Waals surface area contributed by atoms with Crippen molar-refractivity contribution in [1.29, 1.82) is 0 Å². The minimum absolute atomic E-state index is 0.364. The molecule has 6 heteroatoms. The van der Waals surface area contributed by atoms with Crippen molar-refractivity contribution in [1.82, 2.24) is 4.98 Å². The fourth-order valence-electron chi connectivity index (χ4n) is 2.84. The van der Waals surface area contributed by atoms with E-state index in [-0.39, 0.29) is 12.2 Å². The SMILES string of the molecule is Fc1ccc(C2(C(F)(F)c3ccc4ccccc4n3)CO2)c(F)c1. The average Bonchev–Trinajstić information content (AvgIpc) is 3.36. The van der Waals surface area contributed by atoms with Crippen molar-refractivity contribution in [3.8, 4) is 0 Å². The molecule has 1 saturated heterocycles. The molecule has 1 aromatic heterocycles. The molecule has 1 unspecified atom stereocenters. The lowest BCUT2D eigenvalue weighted by molar-refractivity contribution is -0.0899. The van der Waals surface area contributed by atoms with E-state index >= 15 is 8.78 Å². The van der Waals surface area contributed by atoms with Crippen LogP contribution in [0, 0.1) is 11.6 Å². The summed E-state index contributed by atoms with van der Waals surface area (Å²) in [6.45, 7) is -0.364. The van der Waals surface area contributed by atoms with Crippen molar-refractivity contribution in [2.75, 3.05) is 6.61 Å². The van der Waals surface area contributed by atoms with Gasteiger partial charge in [-0.15, -0.1) is 0 Å². The van der Waals surface area contributed by atoms with Crippen molar-refractivity contribution in [2.24, 2.45) is 0 Å². The highest BCUT2D eigenvalue weighted by Gasteiger charge is 2.68. The van der Waals surface area contributed by atoms with Gasteiger partial charge in [-0.1, -0.05) is 24.3 Å². The number of epoxide rings is 1. The first-order valence-corrected chi connectivity index (χ1v) is 7.28.